The van der Waals surface area contributed by atoms with E-state index < -0.39 is 0 Å². The lowest BCUT2D eigenvalue weighted by atomic mass is 9.85. The van der Waals surface area contributed by atoms with Gasteiger partial charge in [0.15, 0.2) is 0 Å². The van der Waals surface area contributed by atoms with E-state index in [0.29, 0.717) is 18.3 Å². The van der Waals surface area contributed by atoms with Crippen molar-refractivity contribution < 1.29 is 9.53 Å². The van der Waals surface area contributed by atoms with Crippen molar-refractivity contribution in [2.75, 3.05) is 4.43 Å². The Balaban J connectivity index is 2.23. The van der Waals surface area contributed by atoms with Crippen LogP contribution in [-0.2, 0) is 9.53 Å². The highest BCUT2D eigenvalue weighted by Crippen LogP contribution is 2.51. The minimum Gasteiger partial charge on any atom is -0.458 e. The summed E-state index contributed by atoms with van der Waals surface area (Å²) in [4.78, 5) is 11.3. The third kappa shape index (κ3) is 1.35. The van der Waals surface area contributed by atoms with Crippen LogP contribution in [0.3, 0.4) is 0 Å². The summed E-state index contributed by atoms with van der Waals surface area (Å²) in [5, 5.41) is 0. The Hall–Kier alpha value is -0.240. The van der Waals surface area contributed by atoms with Gasteiger partial charge in [-0.3, -0.25) is 4.79 Å². The quantitative estimate of drug-likeness (QED) is 0.338. The van der Waals surface area contributed by atoms with Gasteiger partial charge in [0, 0.05) is 22.7 Å². The summed E-state index contributed by atoms with van der Waals surface area (Å²) < 4.78 is 6.43. The van der Waals surface area contributed by atoms with Crippen molar-refractivity contribution in [3.05, 3.63) is 0 Å². The van der Waals surface area contributed by atoms with Crippen LogP contribution in [0.1, 0.15) is 25.7 Å². The fraction of sp³-hybridized carbons (Fsp3) is 0.727. The molecule has 2 nitrogen and oxygen atoms in total. The van der Waals surface area contributed by atoms with Crippen molar-refractivity contribution in [3.63, 3.8) is 0 Å². The minimum atomic E-state index is -0.218. The summed E-state index contributed by atoms with van der Waals surface area (Å²) in [7, 11) is 0. The van der Waals surface area contributed by atoms with Crippen LogP contribution in [0, 0.1) is 24.2 Å². The predicted octanol–water partition coefficient (Wildman–Crippen LogP) is 2.16. The normalized spacial score (nSPS) is 40.4. The Kier molecular flexibility index (Phi) is 2.74. The van der Waals surface area contributed by atoms with Crippen LogP contribution in [0.2, 0.25) is 0 Å². The van der Waals surface area contributed by atoms with Crippen LogP contribution in [0.15, 0.2) is 0 Å². The molecular formula is C11H13IO2. The van der Waals surface area contributed by atoms with Gasteiger partial charge in [0.2, 0.25) is 0 Å². The lowest BCUT2D eigenvalue weighted by Crippen LogP contribution is -2.40. The number of carbonyl (C=O) groups is 1. The maximum Gasteiger partial charge on any atom is 0.306 e. The molecule has 0 N–H and O–H groups in total. The molecule has 0 radical (unpaired) electrons. The van der Waals surface area contributed by atoms with Crippen LogP contribution in [0.25, 0.3) is 0 Å². The van der Waals surface area contributed by atoms with Crippen molar-refractivity contribution >= 4 is 28.6 Å². The van der Waals surface area contributed by atoms with Crippen LogP contribution in [-0.4, -0.2) is 16.0 Å². The highest BCUT2D eigenvalue weighted by atomic mass is 127. The summed E-state index contributed by atoms with van der Waals surface area (Å²) in [5.74, 6) is 3.48. The molecule has 14 heavy (non-hydrogen) atoms. The van der Waals surface area contributed by atoms with E-state index in [1.165, 1.54) is 0 Å². The van der Waals surface area contributed by atoms with Crippen LogP contribution in [0.4, 0.5) is 0 Å². The summed E-state index contributed by atoms with van der Waals surface area (Å²) in [6, 6.07) is 0. The number of terminal acetylenes is 1. The zero-order valence-corrected chi connectivity index (χ0v) is 10.1. The summed E-state index contributed by atoms with van der Waals surface area (Å²) in [6.07, 6.45) is 8.91. The van der Waals surface area contributed by atoms with Gasteiger partial charge in [-0.15, -0.1) is 12.3 Å². The molecule has 3 heteroatoms. The molecule has 1 unspecified atom stereocenters. The van der Waals surface area contributed by atoms with Crippen molar-refractivity contribution in [2.24, 2.45) is 11.8 Å². The van der Waals surface area contributed by atoms with Crippen LogP contribution >= 0.6 is 22.6 Å². The molecule has 0 aromatic rings. The van der Waals surface area contributed by atoms with E-state index in [-0.39, 0.29) is 11.6 Å². The summed E-state index contributed by atoms with van der Waals surface area (Å²) >= 11 is 2.32. The molecule has 0 aromatic heterocycles. The van der Waals surface area contributed by atoms with E-state index in [1.807, 2.05) is 0 Å². The van der Waals surface area contributed by atoms with E-state index in [0.717, 1.165) is 23.7 Å². The molecule has 1 saturated carbocycles. The minimum absolute atomic E-state index is 0.0339. The van der Waals surface area contributed by atoms with Crippen molar-refractivity contribution in [1.29, 1.82) is 0 Å². The number of fused-ring (bicyclic) bond motifs is 1. The molecule has 1 saturated heterocycles. The van der Waals surface area contributed by atoms with E-state index in [1.54, 1.807) is 0 Å². The first kappa shape index (κ1) is 10.3. The average Bonchev–Trinajstić information content (AvgIpc) is 2.63. The molecule has 2 aliphatic rings. The number of halogens is 1. The first-order valence-corrected chi connectivity index (χ1v) is 6.46. The molecular weight excluding hydrogens is 291 g/mol. The molecule has 0 aromatic carbocycles. The maximum absolute atomic E-state index is 11.3. The zero-order chi connectivity index (χ0) is 10.2. The molecule has 1 aliphatic carbocycles. The fourth-order valence-corrected chi connectivity index (χ4v) is 4.18. The largest absolute Gasteiger partial charge is 0.458 e. The van der Waals surface area contributed by atoms with E-state index in [2.05, 4.69) is 28.5 Å². The molecule has 2 rings (SSSR count). The molecule has 3 atom stereocenters. The first-order valence-electron chi connectivity index (χ1n) is 4.94. The second kappa shape index (κ2) is 3.73. The van der Waals surface area contributed by atoms with Gasteiger partial charge in [-0.25, -0.2) is 0 Å². The predicted molar refractivity (Wildman–Crippen MR) is 62.0 cm³/mol. The first-order chi connectivity index (χ1) is 6.73. The van der Waals surface area contributed by atoms with Crippen molar-refractivity contribution in [1.82, 2.24) is 0 Å². The molecule has 1 heterocycles. The number of ether oxygens (including phenoxy) is 1. The lowest BCUT2D eigenvalue weighted by Gasteiger charge is -2.31. The second-order valence-corrected chi connectivity index (χ2v) is 4.91. The van der Waals surface area contributed by atoms with Gasteiger partial charge >= 0.3 is 5.97 Å². The molecule has 2 fully saturated rings. The lowest BCUT2D eigenvalue weighted by molar-refractivity contribution is -0.150. The molecule has 1 aliphatic heterocycles. The zero-order valence-electron chi connectivity index (χ0n) is 7.96. The molecule has 76 valence electrons. The Morgan fingerprint density at radius 2 is 2.43 bits per heavy atom. The van der Waals surface area contributed by atoms with Crippen LogP contribution in [0.5, 0.6) is 0 Å². The molecule has 0 spiro atoms. The highest BCUT2D eigenvalue weighted by molar-refractivity contribution is 14.1. The Morgan fingerprint density at radius 1 is 1.64 bits per heavy atom. The highest BCUT2D eigenvalue weighted by Gasteiger charge is 2.56. The van der Waals surface area contributed by atoms with Gasteiger partial charge in [0.05, 0.1) is 6.42 Å². The number of esters is 1. The number of hydrogen-bond acceptors (Lipinski definition) is 2. The van der Waals surface area contributed by atoms with E-state index >= 15 is 0 Å². The van der Waals surface area contributed by atoms with E-state index in [4.69, 9.17) is 11.2 Å². The maximum atomic E-state index is 11.3. The van der Waals surface area contributed by atoms with Crippen molar-refractivity contribution in [2.45, 2.75) is 31.3 Å². The van der Waals surface area contributed by atoms with Gasteiger partial charge in [0.1, 0.15) is 5.60 Å². The van der Waals surface area contributed by atoms with Crippen LogP contribution < -0.4 is 0 Å². The van der Waals surface area contributed by atoms with Gasteiger partial charge in [-0.1, -0.05) is 22.6 Å². The van der Waals surface area contributed by atoms with E-state index in [9.17, 15) is 4.79 Å². The Labute approximate surface area is 97.9 Å². The monoisotopic (exact) mass is 304 g/mol. The number of rotatable bonds is 2. The summed E-state index contributed by atoms with van der Waals surface area (Å²) in [5.41, 5.74) is -0.218. The van der Waals surface area contributed by atoms with Gasteiger partial charge in [-0.2, -0.15) is 0 Å². The Bertz CT molecular complexity index is 294. The van der Waals surface area contributed by atoms with Crippen molar-refractivity contribution in [3.8, 4) is 12.3 Å². The SMILES string of the molecule is C#CCC1CC[C@H]2CC(=O)O[C@@]12CI. The topological polar surface area (TPSA) is 26.3 Å². The molecule has 0 bridgehead atoms. The Morgan fingerprint density at radius 3 is 3.07 bits per heavy atom. The smallest absolute Gasteiger partial charge is 0.306 e. The fourth-order valence-electron chi connectivity index (χ4n) is 2.78. The van der Waals surface area contributed by atoms with Gasteiger partial charge in [0.25, 0.3) is 0 Å². The third-order valence-electron chi connectivity index (χ3n) is 3.54. The molecule has 0 amide bonds. The standard InChI is InChI=1S/C11H13IO2/c1-2-3-8-4-5-9-6-10(13)14-11(8,9)7-12/h1,8-9H,3-7H2/t8?,9-,11-/m0/s1. The number of hydrogen-bond donors (Lipinski definition) is 0. The van der Waals surface area contributed by atoms with Gasteiger partial charge < -0.3 is 4.74 Å². The number of carbonyl (C=O) groups excluding carboxylic acids is 1. The number of alkyl halides is 1. The summed E-state index contributed by atoms with van der Waals surface area (Å²) in [6.45, 7) is 0. The average molecular weight is 304 g/mol. The van der Waals surface area contributed by atoms with Gasteiger partial charge in [-0.05, 0) is 12.8 Å². The third-order valence-corrected chi connectivity index (χ3v) is 4.73. The second-order valence-electron chi connectivity index (χ2n) is 4.15.